The van der Waals surface area contributed by atoms with Gasteiger partial charge in [-0.25, -0.2) is 8.42 Å². The van der Waals surface area contributed by atoms with Crippen molar-refractivity contribution in [3.63, 3.8) is 0 Å². The Morgan fingerprint density at radius 1 is 1.31 bits per heavy atom. The van der Waals surface area contributed by atoms with Crippen molar-refractivity contribution in [3.05, 3.63) is 30.3 Å². The average Bonchev–Trinajstić information content (AvgIpc) is 2.18. The quantitative estimate of drug-likeness (QED) is 0.760. The van der Waals surface area contributed by atoms with E-state index < -0.39 is 14.0 Å². The van der Waals surface area contributed by atoms with Crippen LogP contribution in [-0.2, 0) is 9.84 Å². The number of sulfone groups is 1. The van der Waals surface area contributed by atoms with Crippen LogP contribution in [0.2, 0.25) is 0 Å². The van der Waals surface area contributed by atoms with E-state index in [-0.39, 0.29) is 4.90 Å². The van der Waals surface area contributed by atoms with Crippen molar-refractivity contribution in [1.82, 2.24) is 0 Å². The van der Waals surface area contributed by atoms with Gasteiger partial charge in [-0.1, -0.05) is 34.1 Å². The van der Waals surface area contributed by atoms with Gasteiger partial charge in [0.25, 0.3) is 0 Å². The summed E-state index contributed by atoms with van der Waals surface area (Å²) in [5.74, 6) is 0. The van der Waals surface area contributed by atoms with E-state index in [4.69, 9.17) is 5.26 Å². The van der Waals surface area contributed by atoms with E-state index in [9.17, 15) is 8.42 Å². The first kappa shape index (κ1) is 10.2. The molecule has 5 heteroatoms. The molecular formula is C8H6BrNO2S. The minimum absolute atomic E-state index is 0.151. The van der Waals surface area contributed by atoms with Crippen molar-refractivity contribution in [3.8, 4) is 6.07 Å². The molecule has 0 aliphatic rings. The Morgan fingerprint density at radius 2 is 1.85 bits per heavy atom. The molecule has 13 heavy (non-hydrogen) atoms. The molecule has 0 spiro atoms. The Balaban J connectivity index is 3.19. The molecule has 1 rings (SSSR count). The SMILES string of the molecule is N#CC(Br)S(=O)(=O)c1ccccc1. The monoisotopic (exact) mass is 259 g/mol. The van der Waals surface area contributed by atoms with E-state index in [0.29, 0.717) is 0 Å². The Hall–Kier alpha value is -0.860. The first-order valence-corrected chi connectivity index (χ1v) is 5.88. The molecule has 0 amide bonds. The first-order valence-electron chi connectivity index (χ1n) is 3.41. The van der Waals surface area contributed by atoms with Crippen LogP contribution < -0.4 is 0 Å². The number of alkyl halides is 1. The molecule has 0 aliphatic heterocycles. The molecule has 0 saturated carbocycles. The van der Waals surface area contributed by atoms with Gasteiger partial charge < -0.3 is 0 Å². The van der Waals surface area contributed by atoms with Gasteiger partial charge in [0.1, 0.15) is 0 Å². The Bertz CT molecular complexity index is 421. The largest absolute Gasteiger partial charge is 0.221 e. The summed E-state index contributed by atoms with van der Waals surface area (Å²) < 4.78 is 21.8. The van der Waals surface area contributed by atoms with Crippen LogP contribution in [0, 0.1) is 11.3 Å². The molecule has 0 saturated heterocycles. The van der Waals surface area contributed by atoms with E-state index >= 15 is 0 Å². The number of hydrogen-bond donors (Lipinski definition) is 0. The van der Waals surface area contributed by atoms with Crippen molar-refractivity contribution in [2.75, 3.05) is 0 Å². The van der Waals surface area contributed by atoms with Gasteiger partial charge in [-0.05, 0) is 12.1 Å². The summed E-state index contributed by atoms with van der Waals surface area (Å²) in [6.45, 7) is 0. The summed E-state index contributed by atoms with van der Waals surface area (Å²) in [4.78, 5) is 0.151. The summed E-state index contributed by atoms with van der Waals surface area (Å²) in [6, 6.07) is 9.50. The molecule has 68 valence electrons. The predicted molar refractivity (Wildman–Crippen MR) is 52.0 cm³/mol. The molecule has 0 radical (unpaired) electrons. The van der Waals surface area contributed by atoms with Crippen LogP contribution >= 0.6 is 15.9 Å². The molecular weight excluding hydrogens is 254 g/mol. The zero-order chi connectivity index (χ0) is 9.90. The third-order valence-electron chi connectivity index (χ3n) is 1.45. The third kappa shape index (κ3) is 2.08. The molecule has 1 aromatic carbocycles. The zero-order valence-electron chi connectivity index (χ0n) is 6.51. The number of halogens is 1. The normalized spacial score (nSPS) is 13.2. The van der Waals surface area contributed by atoms with E-state index in [1.165, 1.54) is 12.1 Å². The molecule has 1 unspecified atom stereocenters. The average molecular weight is 260 g/mol. The van der Waals surface area contributed by atoms with Gasteiger partial charge >= 0.3 is 0 Å². The van der Waals surface area contributed by atoms with Gasteiger partial charge in [0, 0.05) is 0 Å². The van der Waals surface area contributed by atoms with Crippen molar-refractivity contribution >= 4 is 25.8 Å². The van der Waals surface area contributed by atoms with Crippen LogP contribution in [0.15, 0.2) is 35.2 Å². The fraction of sp³-hybridized carbons (Fsp3) is 0.125. The van der Waals surface area contributed by atoms with Gasteiger partial charge in [-0.2, -0.15) is 5.26 Å². The fourth-order valence-electron chi connectivity index (χ4n) is 0.799. The maximum absolute atomic E-state index is 11.5. The third-order valence-corrected chi connectivity index (χ3v) is 4.71. The Kier molecular flexibility index (Phi) is 3.07. The molecule has 0 bridgehead atoms. The highest BCUT2D eigenvalue weighted by Crippen LogP contribution is 2.18. The molecule has 0 aromatic heterocycles. The van der Waals surface area contributed by atoms with Crippen LogP contribution in [-0.4, -0.2) is 12.6 Å². The minimum Gasteiger partial charge on any atom is -0.221 e. The molecule has 0 fully saturated rings. The second-order valence-corrected chi connectivity index (χ2v) is 5.86. The topological polar surface area (TPSA) is 57.9 Å². The second kappa shape index (κ2) is 3.90. The maximum Gasteiger partial charge on any atom is 0.206 e. The zero-order valence-corrected chi connectivity index (χ0v) is 8.92. The summed E-state index contributed by atoms with van der Waals surface area (Å²) in [7, 11) is -3.53. The van der Waals surface area contributed by atoms with Crippen molar-refractivity contribution < 1.29 is 8.42 Å². The highest BCUT2D eigenvalue weighted by atomic mass is 79.9. The van der Waals surface area contributed by atoms with Gasteiger partial charge in [0.05, 0.1) is 11.0 Å². The fourth-order valence-corrected chi connectivity index (χ4v) is 2.36. The van der Waals surface area contributed by atoms with Gasteiger partial charge in [0.2, 0.25) is 14.0 Å². The first-order chi connectivity index (χ1) is 6.09. The lowest BCUT2D eigenvalue weighted by Gasteiger charge is -2.02. The van der Waals surface area contributed by atoms with Crippen LogP contribution in [0.25, 0.3) is 0 Å². The number of nitriles is 1. The smallest absolute Gasteiger partial charge is 0.206 e. The van der Waals surface area contributed by atoms with Crippen LogP contribution in [0.3, 0.4) is 0 Å². The van der Waals surface area contributed by atoms with Crippen molar-refractivity contribution in [1.29, 1.82) is 5.26 Å². The molecule has 0 heterocycles. The van der Waals surface area contributed by atoms with E-state index in [2.05, 4.69) is 15.9 Å². The standard InChI is InChI=1S/C8H6BrNO2S/c9-8(6-10)13(11,12)7-4-2-1-3-5-7/h1-5,8H. The number of hydrogen-bond acceptors (Lipinski definition) is 3. The summed E-state index contributed by atoms with van der Waals surface area (Å²) in [5.41, 5.74) is 0. The van der Waals surface area contributed by atoms with Crippen LogP contribution in [0.5, 0.6) is 0 Å². The summed E-state index contributed by atoms with van der Waals surface area (Å²) in [6.07, 6.45) is 0. The highest BCUT2D eigenvalue weighted by molar-refractivity contribution is 9.11. The van der Waals surface area contributed by atoms with Crippen molar-refractivity contribution in [2.45, 2.75) is 9.05 Å². The lowest BCUT2D eigenvalue weighted by atomic mass is 10.4. The summed E-state index contributed by atoms with van der Waals surface area (Å²) in [5, 5.41) is 8.46. The Labute approximate surface area is 85.0 Å². The predicted octanol–water partition coefficient (Wildman–Crippen LogP) is 1.70. The number of nitrogens with zero attached hydrogens (tertiary/aromatic N) is 1. The molecule has 3 nitrogen and oxygen atoms in total. The van der Waals surface area contributed by atoms with Gasteiger partial charge in [0.15, 0.2) is 0 Å². The lowest BCUT2D eigenvalue weighted by molar-refractivity contribution is 0.598. The lowest BCUT2D eigenvalue weighted by Crippen LogP contribution is -2.12. The molecule has 0 N–H and O–H groups in total. The van der Waals surface area contributed by atoms with E-state index in [1.54, 1.807) is 24.3 Å². The van der Waals surface area contributed by atoms with E-state index in [0.717, 1.165) is 0 Å². The van der Waals surface area contributed by atoms with Crippen LogP contribution in [0.4, 0.5) is 0 Å². The summed E-state index contributed by atoms with van der Waals surface area (Å²) >= 11 is 2.79. The van der Waals surface area contributed by atoms with Crippen LogP contribution in [0.1, 0.15) is 0 Å². The van der Waals surface area contributed by atoms with Crippen molar-refractivity contribution in [2.24, 2.45) is 0 Å². The molecule has 1 aromatic rings. The number of rotatable bonds is 2. The highest BCUT2D eigenvalue weighted by Gasteiger charge is 2.23. The molecule has 0 aliphatic carbocycles. The van der Waals surface area contributed by atoms with Gasteiger partial charge in [-0.3, -0.25) is 0 Å². The number of benzene rings is 1. The minimum atomic E-state index is -3.53. The maximum atomic E-state index is 11.5. The second-order valence-electron chi connectivity index (χ2n) is 2.30. The van der Waals surface area contributed by atoms with Gasteiger partial charge in [-0.15, -0.1) is 0 Å². The molecule has 1 atom stereocenters. The Morgan fingerprint density at radius 3 is 2.31 bits per heavy atom. The van der Waals surface area contributed by atoms with E-state index in [1.807, 2.05) is 0 Å².